The van der Waals surface area contributed by atoms with E-state index < -0.39 is 6.10 Å². The van der Waals surface area contributed by atoms with E-state index in [2.05, 4.69) is 13.8 Å². The lowest BCUT2D eigenvalue weighted by molar-refractivity contribution is -0.121. The van der Waals surface area contributed by atoms with Crippen LogP contribution in [-0.2, 0) is 16.1 Å². The van der Waals surface area contributed by atoms with Crippen molar-refractivity contribution in [2.75, 3.05) is 7.11 Å². The van der Waals surface area contributed by atoms with Crippen LogP contribution < -0.4 is 4.74 Å². The Kier molecular flexibility index (Phi) is 7.56. The van der Waals surface area contributed by atoms with Gasteiger partial charge in [0, 0.05) is 12.3 Å². The number of rotatable bonds is 9. The van der Waals surface area contributed by atoms with Crippen LogP contribution in [0, 0.1) is 11.8 Å². The van der Waals surface area contributed by atoms with E-state index >= 15 is 0 Å². The summed E-state index contributed by atoms with van der Waals surface area (Å²) in [4.78, 5) is 11.2. The van der Waals surface area contributed by atoms with Crippen molar-refractivity contribution in [2.45, 2.75) is 52.9 Å². The van der Waals surface area contributed by atoms with Crippen LogP contribution in [0.25, 0.3) is 0 Å². The molecule has 0 aliphatic rings. The minimum absolute atomic E-state index is 0.00277. The number of carbonyl (C=O) groups is 1. The zero-order valence-electron chi connectivity index (χ0n) is 14.2. The van der Waals surface area contributed by atoms with E-state index in [1.54, 1.807) is 7.11 Å². The number of ether oxygens (including phenoxy) is 2. The first-order valence-corrected chi connectivity index (χ1v) is 7.77. The van der Waals surface area contributed by atoms with E-state index in [0.29, 0.717) is 6.61 Å². The molecular formula is C18H28O4. The summed E-state index contributed by atoms with van der Waals surface area (Å²) in [6.07, 6.45) is -0.590. The van der Waals surface area contributed by atoms with Gasteiger partial charge in [0.05, 0.1) is 25.9 Å². The van der Waals surface area contributed by atoms with Gasteiger partial charge < -0.3 is 14.6 Å². The minimum atomic E-state index is -0.666. The SMILES string of the molecule is COc1ccc(CO[C@H](C(C)C)[C@H](C)[C@H](O)CC(C)=O)cc1. The van der Waals surface area contributed by atoms with E-state index in [4.69, 9.17) is 9.47 Å². The maximum Gasteiger partial charge on any atom is 0.132 e. The Hall–Kier alpha value is -1.39. The van der Waals surface area contributed by atoms with Crippen molar-refractivity contribution in [3.63, 3.8) is 0 Å². The van der Waals surface area contributed by atoms with Gasteiger partial charge >= 0.3 is 0 Å². The Labute approximate surface area is 133 Å². The maximum atomic E-state index is 11.2. The monoisotopic (exact) mass is 308 g/mol. The van der Waals surface area contributed by atoms with E-state index in [0.717, 1.165) is 11.3 Å². The fraction of sp³-hybridized carbons (Fsp3) is 0.611. The number of methoxy groups -OCH3 is 1. The summed E-state index contributed by atoms with van der Waals surface area (Å²) in [5.41, 5.74) is 1.06. The highest BCUT2D eigenvalue weighted by molar-refractivity contribution is 5.75. The third-order valence-corrected chi connectivity index (χ3v) is 3.88. The van der Waals surface area contributed by atoms with Gasteiger partial charge in [-0.3, -0.25) is 4.79 Å². The number of carbonyl (C=O) groups excluding carboxylic acids is 1. The molecule has 0 amide bonds. The lowest BCUT2D eigenvalue weighted by Crippen LogP contribution is -2.36. The van der Waals surface area contributed by atoms with Crippen LogP contribution in [0.4, 0.5) is 0 Å². The summed E-state index contributed by atoms with van der Waals surface area (Å²) in [7, 11) is 1.64. The summed E-state index contributed by atoms with van der Waals surface area (Å²) >= 11 is 0. The quantitative estimate of drug-likeness (QED) is 0.761. The molecule has 1 aromatic carbocycles. The average molecular weight is 308 g/mol. The Morgan fingerprint density at radius 1 is 1.18 bits per heavy atom. The van der Waals surface area contributed by atoms with Crippen molar-refractivity contribution in [3.05, 3.63) is 29.8 Å². The maximum absolute atomic E-state index is 11.2. The lowest BCUT2D eigenvalue weighted by Gasteiger charge is -2.30. The molecule has 124 valence electrons. The molecule has 1 rings (SSSR count). The molecule has 0 saturated heterocycles. The molecule has 0 unspecified atom stereocenters. The molecule has 0 heterocycles. The average Bonchev–Trinajstić information content (AvgIpc) is 2.46. The predicted octanol–water partition coefficient (Wildman–Crippen LogP) is 3.21. The van der Waals surface area contributed by atoms with E-state index in [-0.39, 0.29) is 30.1 Å². The number of aliphatic hydroxyl groups excluding tert-OH is 1. The second-order valence-electron chi connectivity index (χ2n) is 6.20. The van der Waals surface area contributed by atoms with Crippen molar-refractivity contribution in [3.8, 4) is 5.75 Å². The van der Waals surface area contributed by atoms with Crippen molar-refractivity contribution in [2.24, 2.45) is 11.8 Å². The first kappa shape index (κ1) is 18.7. The molecule has 0 aliphatic heterocycles. The van der Waals surface area contributed by atoms with Gasteiger partial charge in [-0.1, -0.05) is 32.9 Å². The van der Waals surface area contributed by atoms with Crippen LogP contribution in [0.3, 0.4) is 0 Å². The summed E-state index contributed by atoms with van der Waals surface area (Å²) in [6, 6.07) is 7.73. The highest BCUT2D eigenvalue weighted by Gasteiger charge is 2.28. The fourth-order valence-electron chi connectivity index (χ4n) is 2.56. The van der Waals surface area contributed by atoms with Gasteiger partial charge in [0.1, 0.15) is 11.5 Å². The standard InChI is InChI=1S/C18H28O4/c1-12(2)18(14(4)17(20)10-13(3)19)22-11-15-6-8-16(21-5)9-7-15/h6-9,12,14,17-18,20H,10-11H2,1-5H3/t14-,17-,18-/m1/s1. The molecule has 1 aromatic rings. The molecule has 0 radical (unpaired) electrons. The van der Waals surface area contributed by atoms with E-state index in [9.17, 15) is 9.90 Å². The van der Waals surface area contributed by atoms with E-state index in [1.165, 1.54) is 6.92 Å². The van der Waals surface area contributed by atoms with Gasteiger partial charge in [0.2, 0.25) is 0 Å². The third kappa shape index (κ3) is 5.78. The fourth-order valence-corrected chi connectivity index (χ4v) is 2.56. The van der Waals surface area contributed by atoms with Crippen LogP contribution in [0.1, 0.15) is 39.7 Å². The van der Waals surface area contributed by atoms with Gasteiger partial charge in [-0.2, -0.15) is 0 Å². The lowest BCUT2D eigenvalue weighted by atomic mass is 9.88. The molecule has 0 fully saturated rings. The normalized spacial score (nSPS) is 15.4. The Morgan fingerprint density at radius 2 is 1.77 bits per heavy atom. The Balaban J connectivity index is 2.64. The number of ketones is 1. The molecular weight excluding hydrogens is 280 g/mol. The Morgan fingerprint density at radius 3 is 2.23 bits per heavy atom. The first-order chi connectivity index (χ1) is 10.3. The number of Topliss-reactive ketones (excluding diaryl/α,β-unsaturated/α-hetero) is 1. The number of benzene rings is 1. The highest BCUT2D eigenvalue weighted by atomic mass is 16.5. The van der Waals surface area contributed by atoms with Crippen LogP contribution in [-0.4, -0.2) is 30.2 Å². The molecule has 4 nitrogen and oxygen atoms in total. The molecule has 0 spiro atoms. The zero-order chi connectivity index (χ0) is 16.7. The molecule has 0 saturated carbocycles. The number of aliphatic hydroxyl groups is 1. The van der Waals surface area contributed by atoms with Crippen LogP contribution in [0.15, 0.2) is 24.3 Å². The largest absolute Gasteiger partial charge is 0.497 e. The van der Waals surface area contributed by atoms with Gasteiger partial charge in [0.25, 0.3) is 0 Å². The second-order valence-corrected chi connectivity index (χ2v) is 6.20. The molecule has 3 atom stereocenters. The first-order valence-electron chi connectivity index (χ1n) is 7.77. The molecule has 0 aliphatic carbocycles. The second kappa shape index (κ2) is 8.91. The van der Waals surface area contributed by atoms with E-state index in [1.807, 2.05) is 31.2 Å². The molecule has 22 heavy (non-hydrogen) atoms. The zero-order valence-corrected chi connectivity index (χ0v) is 14.2. The van der Waals surface area contributed by atoms with Crippen molar-refractivity contribution in [1.29, 1.82) is 0 Å². The van der Waals surface area contributed by atoms with Crippen molar-refractivity contribution in [1.82, 2.24) is 0 Å². The molecule has 0 aromatic heterocycles. The third-order valence-electron chi connectivity index (χ3n) is 3.88. The number of hydrogen-bond acceptors (Lipinski definition) is 4. The highest BCUT2D eigenvalue weighted by Crippen LogP contribution is 2.23. The van der Waals surface area contributed by atoms with Gasteiger partial charge in [-0.15, -0.1) is 0 Å². The summed E-state index contributed by atoms with van der Waals surface area (Å²) < 4.78 is 11.1. The topological polar surface area (TPSA) is 55.8 Å². The predicted molar refractivity (Wildman–Crippen MR) is 86.9 cm³/mol. The smallest absolute Gasteiger partial charge is 0.132 e. The summed E-state index contributed by atoms with van der Waals surface area (Å²) in [5.74, 6) is 0.975. The molecule has 1 N–H and O–H groups in total. The summed E-state index contributed by atoms with van der Waals surface area (Å²) in [6.45, 7) is 8.04. The van der Waals surface area contributed by atoms with Gasteiger partial charge in [0.15, 0.2) is 0 Å². The van der Waals surface area contributed by atoms with Gasteiger partial charge in [-0.25, -0.2) is 0 Å². The molecule has 4 heteroatoms. The van der Waals surface area contributed by atoms with Crippen molar-refractivity contribution >= 4 is 5.78 Å². The van der Waals surface area contributed by atoms with Crippen LogP contribution in [0.2, 0.25) is 0 Å². The van der Waals surface area contributed by atoms with Gasteiger partial charge in [-0.05, 0) is 30.5 Å². The minimum Gasteiger partial charge on any atom is -0.497 e. The molecule has 0 bridgehead atoms. The summed E-state index contributed by atoms with van der Waals surface area (Å²) in [5, 5.41) is 10.2. The van der Waals surface area contributed by atoms with Crippen LogP contribution >= 0.6 is 0 Å². The Bertz CT molecular complexity index is 453. The van der Waals surface area contributed by atoms with Crippen LogP contribution in [0.5, 0.6) is 5.75 Å². The number of hydrogen-bond donors (Lipinski definition) is 1. The van der Waals surface area contributed by atoms with Crippen molar-refractivity contribution < 1.29 is 19.4 Å².